The Bertz CT molecular complexity index is 659. The van der Waals surface area contributed by atoms with Crippen molar-refractivity contribution in [2.24, 2.45) is 0 Å². The number of fused-ring (bicyclic) bond motifs is 1. The number of aromatic nitrogens is 2. The molecule has 0 bridgehead atoms. The van der Waals surface area contributed by atoms with Crippen molar-refractivity contribution < 1.29 is 14.7 Å². The summed E-state index contributed by atoms with van der Waals surface area (Å²) in [6.45, 7) is 3.56. The van der Waals surface area contributed by atoms with Crippen LogP contribution in [-0.2, 0) is 16.1 Å². The first-order valence-electron chi connectivity index (χ1n) is 6.96. The molecular formula is C15H19N3O3. The number of carboxylic acid groups (broad SMARTS) is 1. The van der Waals surface area contributed by atoms with Gasteiger partial charge < -0.3 is 15.0 Å². The highest BCUT2D eigenvalue weighted by Gasteiger charge is 2.36. The number of hydrogen-bond acceptors (Lipinski definition) is 3. The van der Waals surface area contributed by atoms with Crippen molar-refractivity contribution in [3.05, 3.63) is 30.6 Å². The predicted molar refractivity (Wildman–Crippen MR) is 78.8 cm³/mol. The molecule has 21 heavy (non-hydrogen) atoms. The van der Waals surface area contributed by atoms with Crippen molar-refractivity contribution in [3.63, 3.8) is 0 Å². The molecule has 2 aromatic rings. The molecule has 2 N–H and O–H groups in total. The molecule has 112 valence electrons. The monoisotopic (exact) mass is 289 g/mol. The molecule has 0 atom stereocenters. The third-order valence-electron chi connectivity index (χ3n) is 3.84. The highest BCUT2D eigenvalue weighted by Crippen LogP contribution is 2.16. The highest BCUT2D eigenvalue weighted by molar-refractivity contribution is 5.87. The van der Waals surface area contributed by atoms with E-state index in [-0.39, 0.29) is 12.5 Å². The lowest BCUT2D eigenvalue weighted by Crippen LogP contribution is -2.54. The van der Waals surface area contributed by atoms with Gasteiger partial charge in [-0.3, -0.25) is 4.79 Å². The number of carbonyl (C=O) groups is 2. The Hall–Kier alpha value is -2.37. The standard InChI is InChI=1S/C15H19N3O3/c1-3-15(4-2,14(20)21)17-13(19)9-18-10-16-11-7-5-6-8-12(11)18/h5-8,10H,3-4,9H2,1-2H3,(H,17,19)(H,20,21). The quantitative estimate of drug-likeness (QED) is 0.849. The molecule has 0 fully saturated rings. The van der Waals surface area contributed by atoms with Crippen molar-refractivity contribution in [1.82, 2.24) is 14.9 Å². The maximum atomic E-state index is 12.2. The summed E-state index contributed by atoms with van der Waals surface area (Å²) in [5.41, 5.74) is 0.454. The second-order valence-corrected chi connectivity index (χ2v) is 5.00. The highest BCUT2D eigenvalue weighted by atomic mass is 16.4. The van der Waals surface area contributed by atoms with E-state index >= 15 is 0 Å². The molecule has 0 unspecified atom stereocenters. The minimum Gasteiger partial charge on any atom is -0.480 e. The number of rotatable bonds is 6. The lowest BCUT2D eigenvalue weighted by molar-refractivity contribution is -0.148. The summed E-state index contributed by atoms with van der Waals surface area (Å²) in [7, 11) is 0. The molecule has 2 rings (SSSR count). The fraction of sp³-hybridized carbons (Fsp3) is 0.400. The minimum absolute atomic E-state index is 0.0511. The van der Waals surface area contributed by atoms with Crippen LogP contribution >= 0.6 is 0 Å². The number of nitrogens with one attached hydrogen (secondary N) is 1. The van der Waals surface area contributed by atoms with Gasteiger partial charge in [0, 0.05) is 0 Å². The topological polar surface area (TPSA) is 84.2 Å². The molecule has 0 aliphatic heterocycles. The Morgan fingerprint density at radius 2 is 1.95 bits per heavy atom. The van der Waals surface area contributed by atoms with Crippen LogP contribution in [0.15, 0.2) is 30.6 Å². The average Bonchev–Trinajstić information content (AvgIpc) is 2.88. The van der Waals surface area contributed by atoms with E-state index in [9.17, 15) is 14.7 Å². The van der Waals surface area contributed by atoms with Gasteiger partial charge in [-0.25, -0.2) is 9.78 Å². The molecule has 0 saturated carbocycles. The van der Waals surface area contributed by atoms with E-state index in [4.69, 9.17) is 0 Å². The van der Waals surface area contributed by atoms with Crippen LogP contribution in [0.2, 0.25) is 0 Å². The van der Waals surface area contributed by atoms with Gasteiger partial charge in [0.2, 0.25) is 5.91 Å². The van der Waals surface area contributed by atoms with Crippen LogP contribution in [0.25, 0.3) is 11.0 Å². The van der Waals surface area contributed by atoms with Crippen molar-refractivity contribution in [2.75, 3.05) is 0 Å². The van der Waals surface area contributed by atoms with Gasteiger partial charge in [-0.1, -0.05) is 26.0 Å². The number of aliphatic carboxylic acids is 1. The van der Waals surface area contributed by atoms with Crippen LogP contribution in [0, 0.1) is 0 Å². The van der Waals surface area contributed by atoms with Crippen LogP contribution in [-0.4, -0.2) is 32.1 Å². The molecule has 0 spiro atoms. The number of amides is 1. The summed E-state index contributed by atoms with van der Waals surface area (Å²) in [5, 5.41) is 12.0. The second-order valence-electron chi connectivity index (χ2n) is 5.00. The van der Waals surface area contributed by atoms with E-state index in [0.29, 0.717) is 12.8 Å². The number of benzene rings is 1. The molecular weight excluding hydrogens is 270 g/mol. The Morgan fingerprint density at radius 1 is 1.29 bits per heavy atom. The van der Waals surface area contributed by atoms with E-state index < -0.39 is 11.5 Å². The summed E-state index contributed by atoms with van der Waals surface area (Å²) in [6, 6.07) is 7.49. The first-order valence-corrected chi connectivity index (χ1v) is 6.96. The third kappa shape index (κ3) is 2.89. The maximum absolute atomic E-state index is 12.2. The number of carboxylic acids is 1. The van der Waals surface area contributed by atoms with Gasteiger partial charge in [0.25, 0.3) is 0 Å². The summed E-state index contributed by atoms with van der Waals surface area (Å²) < 4.78 is 1.71. The molecule has 6 nitrogen and oxygen atoms in total. The lowest BCUT2D eigenvalue weighted by atomic mass is 9.93. The van der Waals surface area contributed by atoms with Crippen LogP contribution in [0.1, 0.15) is 26.7 Å². The summed E-state index contributed by atoms with van der Waals surface area (Å²) >= 11 is 0. The Kier molecular flexibility index (Phi) is 4.26. The van der Waals surface area contributed by atoms with E-state index in [2.05, 4.69) is 10.3 Å². The van der Waals surface area contributed by atoms with Crippen molar-refractivity contribution in [2.45, 2.75) is 38.8 Å². The zero-order valence-electron chi connectivity index (χ0n) is 12.2. The van der Waals surface area contributed by atoms with Crippen LogP contribution < -0.4 is 5.32 Å². The number of para-hydroxylation sites is 2. The Balaban J connectivity index is 2.16. The molecule has 0 saturated heterocycles. The van der Waals surface area contributed by atoms with Gasteiger partial charge in [-0.15, -0.1) is 0 Å². The average molecular weight is 289 g/mol. The smallest absolute Gasteiger partial charge is 0.329 e. The first-order chi connectivity index (χ1) is 10.0. The van der Waals surface area contributed by atoms with Gasteiger partial charge in [-0.05, 0) is 25.0 Å². The van der Waals surface area contributed by atoms with E-state index in [0.717, 1.165) is 11.0 Å². The van der Waals surface area contributed by atoms with E-state index in [1.807, 2.05) is 24.3 Å². The summed E-state index contributed by atoms with van der Waals surface area (Å²) in [6.07, 6.45) is 2.27. The summed E-state index contributed by atoms with van der Waals surface area (Å²) in [4.78, 5) is 27.8. The molecule has 1 amide bonds. The minimum atomic E-state index is -1.20. The zero-order chi connectivity index (χ0) is 15.5. The fourth-order valence-electron chi connectivity index (χ4n) is 2.38. The lowest BCUT2D eigenvalue weighted by Gasteiger charge is -2.28. The van der Waals surface area contributed by atoms with Crippen LogP contribution in [0.3, 0.4) is 0 Å². The number of hydrogen-bond donors (Lipinski definition) is 2. The number of carbonyl (C=O) groups excluding carboxylic acids is 1. The van der Waals surface area contributed by atoms with Gasteiger partial charge in [0.15, 0.2) is 0 Å². The Morgan fingerprint density at radius 3 is 2.57 bits per heavy atom. The van der Waals surface area contributed by atoms with E-state index in [1.54, 1.807) is 24.7 Å². The number of nitrogens with zero attached hydrogens (tertiary/aromatic N) is 2. The number of imidazole rings is 1. The Labute approximate surface area is 122 Å². The molecule has 1 aromatic carbocycles. The van der Waals surface area contributed by atoms with Crippen LogP contribution in [0.4, 0.5) is 0 Å². The predicted octanol–water partition coefficient (Wildman–Crippen LogP) is 1.80. The molecule has 6 heteroatoms. The summed E-state index contributed by atoms with van der Waals surface area (Å²) in [5.74, 6) is -1.33. The van der Waals surface area contributed by atoms with Gasteiger partial charge in [0.05, 0.1) is 17.4 Å². The fourth-order valence-corrected chi connectivity index (χ4v) is 2.38. The van der Waals surface area contributed by atoms with Crippen molar-refractivity contribution in [3.8, 4) is 0 Å². The van der Waals surface area contributed by atoms with Crippen LogP contribution in [0.5, 0.6) is 0 Å². The largest absolute Gasteiger partial charge is 0.480 e. The third-order valence-corrected chi connectivity index (χ3v) is 3.84. The first kappa shape index (κ1) is 15.0. The normalized spacial score (nSPS) is 11.5. The molecule has 0 aliphatic carbocycles. The van der Waals surface area contributed by atoms with E-state index in [1.165, 1.54) is 0 Å². The molecule has 1 aromatic heterocycles. The maximum Gasteiger partial charge on any atom is 0.329 e. The molecule has 1 heterocycles. The van der Waals surface area contributed by atoms with Crippen molar-refractivity contribution in [1.29, 1.82) is 0 Å². The zero-order valence-corrected chi connectivity index (χ0v) is 12.2. The van der Waals surface area contributed by atoms with Crippen molar-refractivity contribution >= 4 is 22.9 Å². The molecule has 0 radical (unpaired) electrons. The second kappa shape index (κ2) is 5.95. The van der Waals surface area contributed by atoms with Gasteiger partial charge >= 0.3 is 5.97 Å². The molecule has 0 aliphatic rings. The van der Waals surface area contributed by atoms with Gasteiger partial charge in [-0.2, -0.15) is 0 Å². The SMILES string of the molecule is CCC(CC)(NC(=O)Cn1cnc2ccccc21)C(=O)O. The van der Waals surface area contributed by atoms with Gasteiger partial charge in [0.1, 0.15) is 12.1 Å².